The fourth-order valence-electron chi connectivity index (χ4n) is 2.10. The minimum atomic E-state index is -0.396. The molecule has 0 aliphatic rings. The topological polar surface area (TPSA) is 87.6 Å². The molecule has 0 amide bonds. The minimum Gasteiger partial charge on any atom is -0.493 e. The van der Waals surface area contributed by atoms with Crippen molar-refractivity contribution in [1.29, 1.82) is 0 Å². The van der Waals surface area contributed by atoms with Gasteiger partial charge in [-0.3, -0.25) is 0 Å². The standard InChI is InChI=1S/C17H16N2O5S/c1-11-14(6-7-22-11)15-18-19-17(24-15)25-9-8-23-13-5-3-4-12(10-13)16(20)21-2/h3-7,10H,8-9H2,1-2H3. The van der Waals surface area contributed by atoms with Crippen LogP contribution < -0.4 is 4.74 Å². The molecule has 0 radical (unpaired) electrons. The average molecular weight is 360 g/mol. The number of esters is 1. The summed E-state index contributed by atoms with van der Waals surface area (Å²) in [6, 6.07) is 8.62. The predicted octanol–water partition coefficient (Wildman–Crippen LogP) is 3.60. The molecule has 25 heavy (non-hydrogen) atoms. The lowest BCUT2D eigenvalue weighted by Gasteiger charge is -2.06. The van der Waals surface area contributed by atoms with Crippen molar-refractivity contribution >= 4 is 17.7 Å². The van der Waals surface area contributed by atoms with Crippen molar-refractivity contribution in [2.45, 2.75) is 12.1 Å². The van der Waals surface area contributed by atoms with Crippen molar-refractivity contribution in [3.8, 4) is 17.2 Å². The molecule has 0 saturated carbocycles. The van der Waals surface area contributed by atoms with Crippen molar-refractivity contribution < 1.29 is 23.1 Å². The van der Waals surface area contributed by atoms with Gasteiger partial charge in [0, 0.05) is 5.75 Å². The van der Waals surface area contributed by atoms with Gasteiger partial charge in [0.15, 0.2) is 0 Å². The molecule has 0 aliphatic heterocycles. The Bertz CT molecular complexity index is 858. The number of carbonyl (C=O) groups excluding carboxylic acids is 1. The highest BCUT2D eigenvalue weighted by atomic mass is 32.2. The molecular formula is C17H16N2O5S. The van der Waals surface area contributed by atoms with E-state index in [-0.39, 0.29) is 0 Å². The largest absolute Gasteiger partial charge is 0.493 e. The minimum absolute atomic E-state index is 0.396. The van der Waals surface area contributed by atoms with Crippen LogP contribution in [0.25, 0.3) is 11.5 Å². The maximum absolute atomic E-state index is 11.5. The normalized spacial score (nSPS) is 10.6. The summed E-state index contributed by atoms with van der Waals surface area (Å²) in [6.45, 7) is 2.26. The zero-order valence-electron chi connectivity index (χ0n) is 13.7. The first-order chi connectivity index (χ1) is 12.2. The Labute approximate surface area is 148 Å². The third-order valence-corrected chi connectivity index (χ3v) is 4.11. The van der Waals surface area contributed by atoms with Crippen LogP contribution in [0.1, 0.15) is 16.1 Å². The first-order valence-corrected chi connectivity index (χ1v) is 8.48. The van der Waals surface area contributed by atoms with Gasteiger partial charge in [0.05, 0.1) is 31.1 Å². The van der Waals surface area contributed by atoms with Crippen molar-refractivity contribution in [2.75, 3.05) is 19.5 Å². The molecule has 0 bridgehead atoms. The molecule has 2 aromatic heterocycles. The van der Waals surface area contributed by atoms with E-state index >= 15 is 0 Å². The van der Waals surface area contributed by atoms with Crippen LogP contribution in [-0.4, -0.2) is 35.6 Å². The summed E-state index contributed by atoms with van der Waals surface area (Å²) in [4.78, 5) is 11.5. The Kier molecular flexibility index (Phi) is 5.39. The van der Waals surface area contributed by atoms with E-state index in [1.807, 2.05) is 6.92 Å². The lowest BCUT2D eigenvalue weighted by molar-refractivity contribution is 0.0600. The number of nitrogens with zero attached hydrogens (tertiary/aromatic N) is 2. The van der Waals surface area contributed by atoms with E-state index in [2.05, 4.69) is 14.9 Å². The molecular weight excluding hydrogens is 344 g/mol. The summed E-state index contributed by atoms with van der Waals surface area (Å²) in [5.74, 6) is 1.99. The number of methoxy groups -OCH3 is 1. The molecule has 0 atom stereocenters. The Morgan fingerprint density at radius 3 is 2.92 bits per heavy atom. The van der Waals surface area contributed by atoms with Crippen LogP contribution in [0.4, 0.5) is 0 Å². The fraction of sp³-hybridized carbons (Fsp3) is 0.235. The van der Waals surface area contributed by atoms with Gasteiger partial charge in [0.2, 0.25) is 0 Å². The molecule has 7 nitrogen and oxygen atoms in total. The fourth-order valence-corrected chi connectivity index (χ4v) is 2.68. The van der Waals surface area contributed by atoms with Crippen LogP contribution in [0.3, 0.4) is 0 Å². The van der Waals surface area contributed by atoms with Crippen LogP contribution in [0, 0.1) is 6.92 Å². The van der Waals surface area contributed by atoms with E-state index in [9.17, 15) is 4.79 Å². The smallest absolute Gasteiger partial charge is 0.337 e. The van der Waals surface area contributed by atoms with Crippen LogP contribution >= 0.6 is 11.8 Å². The van der Waals surface area contributed by atoms with Crippen molar-refractivity contribution in [2.24, 2.45) is 0 Å². The number of thioether (sulfide) groups is 1. The summed E-state index contributed by atoms with van der Waals surface area (Å²) < 4.78 is 21.1. The number of benzene rings is 1. The molecule has 130 valence electrons. The number of hydrogen-bond acceptors (Lipinski definition) is 8. The zero-order valence-corrected chi connectivity index (χ0v) is 14.5. The molecule has 0 saturated heterocycles. The van der Waals surface area contributed by atoms with E-state index in [4.69, 9.17) is 13.6 Å². The molecule has 0 N–H and O–H groups in total. The van der Waals surface area contributed by atoms with Gasteiger partial charge in [-0.2, -0.15) is 0 Å². The first-order valence-electron chi connectivity index (χ1n) is 7.49. The van der Waals surface area contributed by atoms with E-state index in [1.165, 1.54) is 18.9 Å². The van der Waals surface area contributed by atoms with Crippen molar-refractivity contribution in [3.63, 3.8) is 0 Å². The lowest BCUT2D eigenvalue weighted by Crippen LogP contribution is -2.03. The third kappa shape index (κ3) is 4.21. The second kappa shape index (κ2) is 7.89. The Balaban J connectivity index is 1.50. The molecule has 1 aromatic carbocycles. The SMILES string of the molecule is COC(=O)c1cccc(OCCSc2nnc(-c3ccoc3C)o2)c1. The second-order valence-electron chi connectivity index (χ2n) is 4.98. The van der Waals surface area contributed by atoms with Gasteiger partial charge in [-0.1, -0.05) is 17.8 Å². The summed E-state index contributed by atoms with van der Waals surface area (Å²) in [6.07, 6.45) is 1.58. The zero-order chi connectivity index (χ0) is 17.6. The second-order valence-corrected chi connectivity index (χ2v) is 6.03. The molecule has 2 heterocycles. The number of carbonyl (C=O) groups is 1. The Morgan fingerprint density at radius 2 is 2.16 bits per heavy atom. The van der Waals surface area contributed by atoms with Gasteiger partial charge in [-0.15, -0.1) is 10.2 Å². The molecule has 0 unspecified atom stereocenters. The number of rotatable bonds is 7. The van der Waals surface area contributed by atoms with Gasteiger partial charge in [0.1, 0.15) is 11.5 Å². The molecule has 3 aromatic rings. The van der Waals surface area contributed by atoms with E-state index < -0.39 is 5.97 Å². The lowest BCUT2D eigenvalue weighted by atomic mass is 10.2. The Hall–Kier alpha value is -2.74. The van der Waals surface area contributed by atoms with E-state index in [1.54, 1.807) is 36.6 Å². The number of aryl methyl sites for hydroxylation is 1. The number of hydrogen-bond donors (Lipinski definition) is 0. The highest BCUT2D eigenvalue weighted by Crippen LogP contribution is 2.26. The highest BCUT2D eigenvalue weighted by Gasteiger charge is 2.13. The molecule has 0 spiro atoms. The number of furan rings is 1. The van der Waals surface area contributed by atoms with Crippen LogP contribution in [0.2, 0.25) is 0 Å². The van der Waals surface area contributed by atoms with Gasteiger partial charge >= 0.3 is 5.97 Å². The van der Waals surface area contributed by atoms with Gasteiger partial charge in [-0.25, -0.2) is 4.79 Å². The van der Waals surface area contributed by atoms with E-state index in [0.717, 1.165) is 11.3 Å². The van der Waals surface area contributed by atoms with Crippen LogP contribution in [-0.2, 0) is 4.74 Å². The summed E-state index contributed by atoms with van der Waals surface area (Å²) in [5, 5.41) is 8.46. The number of aromatic nitrogens is 2. The van der Waals surface area contributed by atoms with Crippen molar-refractivity contribution in [1.82, 2.24) is 10.2 Å². The van der Waals surface area contributed by atoms with Gasteiger partial charge in [-0.05, 0) is 31.2 Å². The quantitative estimate of drug-likeness (QED) is 0.359. The van der Waals surface area contributed by atoms with Crippen molar-refractivity contribution in [3.05, 3.63) is 47.9 Å². The molecule has 3 rings (SSSR count). The maximum atomic E-state index is 11.5. The summed E-state index contributed by atoms with van der Waals surface area (Å²) in [5.41, 5.74) is 1.24. The van der Waals surface area contributed by atoms with E-state index in [0.29, 0.717) is 34.8 Å². The third-order valence-electron chi connectivity index (χ3n) is 3.33. The van der Waals surface area contributed by atoms with Gasteiger partial charge in [0.25, 0.3) is 11.1 Å². The monoisotopic (exact) mass is 360 g/mol. The average Bonchev–Trinajstić information content (AvgIpc) is 3.27. The molecule has 8 heteroatoms. The van der Waals surface area contributed by atoms with Crippen LogP contribution in [0.5, 0.6) is 5.75 Å². The molecule has 0 fully saturated rings. The summed E-state index contributed by atoms with van der Waals surface area (Å²) in [7, 11) is 1.34. The van der Waals surface area contributed by atoms with Gasteiger partial charge < -0.3 is 18.3 Å². The maximum Gasteiger partial charge on any atom is 0.337 e. The molecule has 0 aliphatic carbocycles. The first kappa shape index (κ1) is 17.1. The predicted molar refractivity (Wildman–Crippen MR) is 90.7 cm³/mol. The number of ether oxygens (including phenoxy) is 2. The highest BCUT2D eigenvalue weighted by molar-refractivity contribution is 7.99. The summed E-state index contributed by atoms with van der Waals surface area (Å²) >= 11 is 1.39. The van der Waals surface area contributed by atoms with Crippen LogP contribution in [0.15, 0.2) is 50.7 Å². The Morgan fingerprint density at radius 1 is 1.28 bits per heavy atom.